The van der Waals surface area contributed by atoms with Gasteiger partial charge in [0.05, 0.1) is 22.4 Å². The summed E-state index contributed by atoms with van der Waals surface area (Å²) in [6.45, 7) is 0. The SMILES string of the molecule is O=C(Cc1ccc(Cl)c(F)c1)C(=O)Nc1cccc2[nH]ncc12. The van der Waals surface area contributed by atoms with Gasteiger partial charge in [-0.2, -0.15) is 5.10 Å². The quantitative estimate of drug-likeness (QED) is 0.721. The van der Waals surface area contributed by atoms with Crippen LogP contribution in [0.3, 0.4) is 0 Å². The largest absolute Gasteiger partial charge is 0.319 e. The Balaban J connectivity index is 1.74. The highest BCUT2D eigenvalue weighted by Crippen LogP contribution is 2.21. The Morgan fingerprint density at radius 2 is 2.09 bits per heavy atom. The van der Waals surface area contributed by atoms with E-state index in [2.05, 4.69) is 15.5 Å². The van der Waals surface area contributed by atoms with Crippen molar-refractivity contribution in [1.82, 2.24) is 10.2 Å². The number of Topliss-reactive ketones (excluding diaryl/α,β-unsaturated/α-hetero) is 1. The molecule has 0 aliphatic rings. The molecule has 23 heavy (non-hydrogen) atoms. The average Bonchev–Trinajstić information content (AvgIpc) is 3.00. The zero-order valence-electron chi connectivity index (χ0n) is 11.8. The number of hydrogen-bond donors (Lipinski definition) is 2. The lowest BCUT2D eigenvalue weighted by Crippen LogP contribution is -2.24. The zero-order chi connectivity index (χ0) is 16.4. The van der Waals surface area contributed by atoms with Crippen LogP contribution < -0.4 is 5.32 Å². The normalized spacial score (nSPS) is 10.7. The predicted molar refractivity (Wildman–Crippen MR) is 84.8 cm³/mol. The number of amides is 1. The number of aromatic nitrogens is 2. The number of fused-ring (bicyclic) bond motifs is 1. The predicted octanol–water partition coefficient (Wildman–Crippen LogP) is 3.11. The number of benzene rings is 2. The second-order valence-electron chi connectivity index (χ2n) is 4.94. The molecule has 0 unspecified atom stereocenters. The number of ketones is 1. The summed E-state index contributed by atoms with van der Waals surface area (Å²) >= 11 is 5.58. The van der Waals surface area contributed by atoms with E-state index in [1.165, 1.54) is 12.1 Å². The second kappa shape index (κ2) is 6.18. The van der Waals surface area contributed by atoms with E-state index >= 15 is 0 Å². The number of anilines is 1. The second-order valence-corrected chi connectivity index (χ2v) is 5.35. The fourth-order valence-corrected chi connectivity index (χ4v) is 2.30. The minimum absolute atomic E-state index is 0.0303. The van der Waals surface area contributed by atoms with Gasteiger partial charge in [0, 0.05) is 11.8 Å². The van der Waals surface area contributed by atoms with Gasteiger partial charge in [0.2, 0.25) is 5.78 Å². The van der Waals surface area contributed by atoms with Gasteiger partial charge in [0.15, 0.2) is 0 Å². The fraction of sp³-hybridized carbons (Fsp3) is 0.0625. The van der Waals surface area contributed by atoms with Gasteiger partial charge in [-0.15, -0.1) is 0 Å². The zero-order valence-corrected chi connectivity index (χ0v) is 12.5. The lowest BCUT2D eigenvalue weighted by atomic mass is 10.1. The number of carbonyl (C=O) groups is 2. The molecule has 0 aliphatic heterocycles. The molecule has 0 bridgehead atoms. The molecule has 1 amide bonds. The van der Waals surface area contributed by atoms with E-state index in [-0.39, 0.29) is 11.4 Å². The summed E-state index contributed by atoms with van der Waals surface area (Å²) in [5, 5.41) is 9.88. The summed E-state index contributed by atoms with van der Waals surface area (Å²) in [4.78, 5) is 24.0. The molecule has 3 aromatic rings. The molecular formula is C16H11ClFN3O2. The van der Waals surface area contributed by atoms with Crippen LogP contribution in [0, 0.1) is 5.82 Å². The number of aromatic amines is 1. The number of nitrogens with zero attached hydrogens (tertiary/aromatic N) is 1. The standard InChI is InChI=1S/C16H11ClFN3O2/c17-11-5-4-9(6-12(11)18)7-15(22)16(23)20-13-2-1-3-14-10(13)8-19-21-14/h1-6,8H,7H2,(H,19,21)(H,20,23). The van der Waals surface area contributed by atoms with Crippen molar-refractivity contribution >= 4 is 39.9 Å². The maximum atomic E-state index is 13.4. The summed E-state index contributed by atoms with van der Waals surface area (Å²) in [5.74, 6) is -2.07. The third-order valence-corrected chi connectivity index (χ3v) is 3.64. The Bertz CT molecular complexity index is 907. The molecule has 0 atom stereocenters. The van der Waals surface area contributed by atoms with Crippen molar-refractivity contribution in [2.24, 2.45) is 0 Å². The number of carbonyl (C=O) groups excluding carboxylic acids is 2. The molecule has 0 saturated carbocycles. The summed E-state index contributed by atoms with van der Waals surface area (Å²) in [6, 6.07) is 9.21. The molecule has 2 N–H and O–H groups in total. The van der Waals surface area contributed by atoms with Crippen LogP contribution in [0.25, 0.3) is 10.9 Å². The number of rotatable bonds is 4. The fourth-order valence-electron chi connectivity index (χ4n) is 2.18. The highest BCUT2D eigenvalue weighted by atomic mass is 35.5. The van der Waals surface area contributed by atoms with E-state index in [0.717, 1.165) is 11.6 Å². The van der Waals surface area contributed by atoms with E-state index in [0.29, 0.717) is 16.6 Å². The third-order valence-electron chi connectivity index (χ3n) is 3.33. The highest BCUT2D eigenvalue weighted by molar-refractivity contribution is 6.41. The van der Waals surface area contributed by atoms with Gasteiger partial charge in [0.25, 0.3) is 5.91 Å². The Hall–Kier alpha value is -2.73. The smallest absolute Gasteiger partial charge is 0.292 e. The van der Waals surface area contributed by atoms with Crippen molar-refractivity contribution in [3.63, 3.8) is 0 Å². The van der Waals surface area contributed by atoms with Gasteiger partial charge in [0.1, 0.15) is 5.82 Å². The Kier molecular flexibility index (Phi) is 4.08. The summed E-state index contributed by atoms with van der Waals surface area (Å²) in [6.07, 6.45) is 1.35. The lowest BCUT2D eigenvalue weighted by Gasteiger charge is -2.06. The topological polar surface area (TPSA) is 74.8 Å². The highest BCUT2D eigenvalue weighted by Gasteiger charge is 2.16. The maximum Gasteiger partial charge on any atom is 0.292 e. The average molecular weight is 332 g/mol. The van der Waals surface area contributed by atoms with Crippen molar-refractivity contribution in [3.8, 4) is 0 Å². The molecule has 1 heterocycles. The summed E-state index contributed by atoms with van der Waals surface area (Å²) in [5.41, 5.74) is 1.61. The maximum absolute atomic E-state index is 13.4. The van der Waals surface area contributed by atoms with Gasteiger partial charge in [-0.25, -0.2) is 4.39 Å². The molecule has 7 heteroatoms. The summed E-state index contributed by atoms with van der Waals surface area (Å²) < 4.78 is 13.4. The first-order valence-corrected chi connectivity index (χ1v) is 7.12. The number of halogens is 2. The van der Waals surface area contributed by atoms with Gasteiger partial charge >= 0.3 is 0 Å². The van der Waals surface area contributed by atoms with Crippen molar-refractivity contribution in [2.45, 2.75) is 6.42 Å². The van der Waals surface area contributed by atoms with Crippen LogP contribution in [0.4, 0.5) is 10.1 Å². The van der Waals surface area contributed by atoms with E-state index in [1.807, 2.05) is 0 Å². The van der Waals surface area contributed by atoms with Crippen LogP contribution in [0.1, 0.15) is 5.56 Å². The molecule has 0 radical (unpaired) electrons. The third kappa shape index (κ3) is 3.22. The molecule has 5 nitrogen and oxygen atoms in total. The van der Waals surface area contributed by atoms with Crippen LogP contribution in [0.2, 0.25) is 5.02 Å². The number of hydrogen-bond acceptors (Lipinski definition) is 3. The molecular weight excluding hydrogens is 321 g/mol. The van der Waals surface area contributed by atoms with Crippen LogP contribution in [0.15, 0.2) is 42.6 Å². The first-order valence-electron chi connectivity index (χ1n) is 6.75. The van der Waals surface area contributed by atoms with Gasteiger partial charge in [-0.05, 0) is 29.8 Å². The first kappa shape index (κ1) is 15.2. The van der Waals surface area contributed by atoms with Crippen LogP contribution in [-0.2, 0) is 16.0 Å². The molecule has 0 saturated heterocycles. The van der Waals surface area contributed by atoms with Crippen LogP contribution in [-0.4, -0.2) is 21.9 Å². The van der Waals surface area contributed by atoms with Gasteiger partial charge in [-0.3, -0.25) is 14.7 Å². The number of H-pyrrole nitrogens is 1. The molecule has 0 aliphatic carbocycles. The van der Waals surface area contributed by atoms with Crippen molar-refractivity contribution in [3.05, 3.63) is 59.0 Å². The molecule has 3 rings (SSSR count). The monoisotopic (exact) mass is 331 g/mol. The van der Waals surface area contributed by atoms with Crippen LogP contribution in [0.5, 0.6) is 0 Å². The Labute approximate surface area is 135 Å². The van der Waals surface area contributed by atoms with Crippen molar-refractivity contribution in [2.75, 3.05) is 5.32 Å². The van der Waals surface area contributed by atoms with E-state index in [4.69, 9.17) is 11.6 Å². The van der Waals surface area contributed by atoms with Gasteiger partial charge < -0.3 is 5.32 Å². The summed E-state index contributed by atoms with van der Waals surface area (Å²) in [7, 11) is 0. The van der Waals surface area contributed by atoms with E-state index in [9.17, 15) is 14.0 Å². The minimum Gasteiger partial charge on any atom is -0.319 e. The van der Waals surface area contributed by atoms with Gasteiger partial charge in [-0.1, -0.05) is 23.7 Å². The Morgan fingerprint density at radius 1 is 1.26 bits per heavy atom. The molecule has 1 aromatic heterocycles. The lowest BCUT2D eigenvalue weighted by molar-refractivity contribution is -0.134. The minimum atomic E-state index is -0.769. The molecule has 116 valence electrons. The van der Waals surface area contributed by atoms with Crippen molar-refractivity contribution in [1.29, 1.82) is 0 Å². The van der Waals surface area contributed by atoms with Crippen molar-refractivity contribution < 1.29 is 14.0 Å². The Morgan fingerprint density at radius 3 is 2.87 bits per heavy atom. The van der Waals surface area contributed by atoms with E-state index in [1.54, 1.807) is 24.4 Å². The molecule has 2 aromatic carbocycles. The first-order chi connectivity index (χ1) is 11.0. The van der Waals surface area contributed by atoms with E-state index < -0.39 is 17.5 Å². The van der Waals surface area contributed by atoms with Crippen LogP contribution >= 0.6 is 11.6 Å². The number of nitrogens with one attached hydrogen (secondary N) is 2. The molecule has 0 spiro atoms. The molecule has 0 fully saturated rings.